The zero-order chi connectivity index (χ0) is 18.5. The lowest BCUT2D eigenvalue weighted by atomic mass is 9.49. The lowest BCUT2D eigenvalue weighted by Gasteiger charge is -2.55. The number of hydrazine groups is 1. The van der Waals surface area contributed by atoms with Crippen molar-refractivity contribution in [2.45, 2.75) is 44.7 Å². The molecule has 0 unspecified atom stereocenters. The van der Waals surface area contributed by atoms with Crippen molar-refractivity contribution in [1.82, 2.24) is 10.9 Å². The summed E-state index contributed by atoms with van der Waals surface area (Å²) in [6, 6.07) is 4.16. The van der Waals surface area contributed by atoms with Gasteiger partial charge in [-0.15, -0.1) is 0 Å². The molecule has 1 aromatic carbocycles. The predicted octanol–water partition coefficient (Wildman–Crippen LogP) is 3.68. The monoisotopic (exact) mass is 366 g/mol. The van der Waals surface area contributed by atoms with Crippen molar-refractivity contribution in [1.29, 1.82) is 0 Å². The Morgan fingerprint density at radius 3 is 2.08 bits per heavy atom. The lowest BCUT2D eigenvalue weighted by molar-refractivity contribution is -0.147. The number of hydrogen-bond acceptors (Lipinski definition) is 2. The summed E-state index contributed by atoms with van der Waals surface area (Å²) in [7, 11) is 0. The van der Waals surface area contributed by atoms with Gasteiger partial charge in [0.05, 0.1) is 11.0 Å². The fourth-order valence-electron chi connectivity index (χ4n) is 5.54. The Morgan fingerprint density at radius 2 is 1.54 bits per heavy atom. The van der Waals surface area contributed by atoms with Gasteiger partial charge in [0, 0.05) is 5.56 Å². The fraction of sp³-hybridized carbons (Fsp3) is 0.579. The van der Waals surface area contributed by atoms with Gasteiger partial charge >= 0.3 is 6.18 Å². The largest absolute Gasteiger partial charge is 0.416 e. The smallest absolute Gasteiger partial charge is 0.273 e. The van der Waals surface area contributed by atoms with Crippen LogP contribution in [0.1, 0.15) is 54.4 Å². The summed E-state index contributed by atoms with van der Waals surface area (Å²) in [6.45, 7) is 0. The second kappa shape index (κ2) is 5.99. The summed E-state index contributed by atoms with van der Waals surface area (Å²) < 4.78 is 38.3. The van der Waals surface area contributed by atoms with Crippen LogP contribution in [0.3, 0.4) is 0 Å². The number of halogens is 3. The number of nitrogens with one attached hydrogen (secondary N) is 2. The molecule has 0 radical (unpaired) electrons. The van der Waals surface area contributed by atoms with E-state index in [2.05, 4.69) is 10.9 Å². The van der Waals surface area contributed by atoms with Crippen molar-refractivity contribution in [3.8, 4) is 0 Å². The number of carbonyl (C=O) groups is 2. The second-order valence-electron chi connectivity index (χ2n) is 8.18. The van der Waals surface area contributed by atoms with Crippen molar-refractivity contribution in [3.63, 3.8) is 0 Å². The van der Waals surface area contributed by atoms with E-state index >= 15 is 0 Å². The molecule has 4 bridgehead atoms. The lowest BCUT2D eigenvalue weighted by Crippen LogP contribution is -2.56. The van der Waals surface area contributed by atoms with Crippen LogP contribution in [0.5, 0.6) is 0 Å². The minimum Gasteiger partial charge on any atom is -0.273 e. The summed E-state index contributed by atoms with van der Waals surface area (Å²) in [4.78, 5) is 24.9. The van der Waals surface area contributed by atoms with Gasteiger partial charge in [0.1, 0.15) is 0 Å². The number of hydrogen-bond donors (Lipinski definition) is 2. The van der Waals surface area contributed by atoms with Crippen LogP contribution < -0.4 is 10.9 Å². The molecule has 0 aliphatic heterocycles. The molecule has 0 spiro atoms. The fourth-order valence-corrected chi connectivity index (χ4v) is 5.54. The van der Waals surface area contributed by atoms with Crippen LogP contribution in [0.15, 0.2) is 24.3 Å². The summed E-state index contributed by atoms with van der Waals surface area (Å²) in [6.07, 6.45) is 1.63. The van der Waals surface area contributed by atoms with Gasteiger partial charge in [-0.3, -0.25) is 20.4 Å². The maximum Gasteiger partial charge on any atom is 0.416 e. The molecule has 4 nitrogen and oxygen atoms in total. The molecular weight excluding hydrogens is 345 g/mol. The molecule has 0 atom stereocenters. The number of rotatable bonds is 2. The first-order valence-corrected chi connectivity index (χ1v) is 9.03. The van der Waals surface area contributed by atoms with Gasteiger partial charge in [-0.25, -0.2) is 0 Å². The molecule has 4 aliphatic rings. The van der Waals surface area contributed by atoms with Crippen molar-refractivity contribution in [2.75, 3.05) is 0 Å². The topological polar surface area (TPSA) is 58.2 Å². The van der Waals surface area contributed by atoms with Crippen LogP contribution in [-0.2, 0) is 11.0 Å². The minimum atomic E-state index is -4.52. The average molecular weight is 366 g/mol. The molecule has 5 rings (SSSR count). The summed E-state index contributed by atoms with van der Waals surface area (Å²) in [5.41, 5.74) is 3.33. The zero-order valence-corrected chi connectivity index (χ0v) is 14.2. The van der Waals surface area contributed by atoms with E-state index in [1.54, 1.807) is 0 Å². The Labute approximate surface area is 149 Å². The van der Waals surface area contributed by atoms with Crippen molar-refractivity contribution < 1.29 is 22.8 Å². The van der Waals surface area contributed by atoms with Crippen molar-refractivity contribution >= 4 is 11.8 Å². The molecule has 140 valence electrons. The highest BCUT2D eigenvalue weighted by Gasteiger charge is 2.54. The van der Waals surface area contributed by atoms with Gasteiger partial charge in [0.2, 0.25) is 5.91 Å². The Kier molecular flexibility index (Phi) is 4.00. The van der Waals surface area contributed by atoms with Gasteiger partial charge in [0.15, 0.2) is 0 Å². The highest BCUT2D eigenvalue weighted by molar-refractivity contribution is 5.96. The molecule has 1 aromatic rings. The van der Waals surface area contributed by atoms with Crippen LogP contribution in [0.25, 0.3) is 0 Å². The molecule has 0 saturated heterocycles. The van der Waals surface area contributed by atoms with E-state index < -0.39 is 23.1 Å². The molecule has 4 saturated carbocycles. The van der Waals surface area contributed by atoms with E-state index in [4.69, 9.17) is 0 Å². The first-order valence-electron chi connectivity index (χ1n) is 9.03. The Bertz CT molecular complexity index is 709. The second-order valence-corrected chi connectivity index (χ2v) is 8.18. The molecular formula is C19H21F3N2O2. The van der Waals surface area contributed by atoms with E-state index in [0.29, 0.717) is 17.8 Å². The average Bonchev–Trinajstić information content (AvgIpc) is 2.57. The zero-order valence-electron chi connectivity index (χ0n) is 14.2. The van der Waals surface area contributed by atoms with Crippen LogP contribution >= 0.6 is 0 Å². The molecule has 26 heavy (non-hydrogen) atoms. The maximum atomic E-state index is 12.8. The first-order chi connectivity index (χ1) is 12.2. The quantitative estimate of drug-likeness (QED) is 0.785. The van der Waals surface area contributed by atoms with Crippen LogP contribution in [0, 0.1) is 23.2 Å². The number of alkyl halides is 3. The minimum absolute atomic E-state index is 0.134. The third kappa shape index (κ3) is 3.08. The molecule has 4 aliphatic carbocycles. The van der Waals surface area contributed by atoms with Crippen LogP contribution in [-0.4, -0.2) is 11.8 Å². The van der Waals surface area contributed by atoms with Gasteiger partial charge in [-0.1, -0.05) is 6.07 Å². The predicted molar refractivity (Wildman–Crippen MR) is 87.7 cm³/mol. The van der Waals surface area contributed by atoms with Gasteiger partial charge < -0.3 is 0 Å². The molecule has 2 amide bonds. The third-order valence-corrected chi connectivity index (χ3v) is 6.26. The molecule has 7 heteroatoms. The Morgan fingerprint density at radius 1 is 0.962 bits per heavy atom. The number of carbonyl (C=O) groups excluding carboxylic acids is 2. The SMILES string of the molecule is O=C(NNC(=O)C12CC3CC(CC(C3)C1)C2)c1cccc(C(F)(F)F)c1. The first kappa shape index (κ1) is 17.4. The van der Waals surface area contributed by atoms with E-state index in [1.807, 2.05) is 0 Å². The number of amides is 2. The Hall–Kier alpha value is -2.05. The van der Waals surface area contributed by atoms with Gasteiger partial charge in [0.25, 0.3) is 5.91 Å². The third-order valence-electron chi connectivity index (χ3n) is 6.26. The highest BCUT2D eigenvalue weighted by Crippen LogP contribution is 2.60. The Balaban J connectivity index is 1.41. The van der Waals surface area contributed by atoms with Crippen LogP contribution in [0.2, 0.25) is 0 Å². The van der Waals surface area contributed by atoms with Gasteiger partial charge in [-0.2, -0.15) is 13.2 Å². The van der Waals surface area contributed by atoms with E-state index in [1.165, 1.54) is 31.4 Å². The van der Waals surface area contributed by atoms with Crippen molar-refractivity contribution in [3.05, 3.63) is 35.4 Å². The van der Waals surface area contributed by atoms with Crippen LogP contribution in [0.4, 0.5) is 13.2 Å². The molecule has 0 heterocycles. The highest BCUT2D eigenvalue weighted by atomic mass is 19.4. The normalized spacial score (nSPS) is 32.3. The summed E-state index contributed by atoms with van der Waals surface area (Å²) in [5.74, 6) is 0.828. The van der Waals surface area contributed by atoms with E-state index in [9.17, 15) is 22.8 Å². The molecule has 2 N–H and O–H groups in total. The number of benzene rings is 1. The molecule has 0 aromatic heterocycles. The maximum absolute atomic E-state index is 12.8. The van der Waals surface area contributed by atoms with E-state index in [-0.39, 0.29) is 11.5 Å². The van der Waals surface area contributed by atoms with E-state index in [0.717, 1.165) is 31.4 Å². The van der Waals surface area contributed by atoms with Crippen molar-refractivity contribution in [2.24, 2.45) is 23.2 Å². The van der Waals surface area contributed by atoms with Gasteiger partial charge in [-0.05, 0) is 74.5 Å². The summed E-state index contributed by atoms with van der Waals surface area (Å²) >= 11 is 0. The summed E-state index contributed by atoms with van der Waals surface area (Å²) in [5, 5.41) is 0. The molecule has 4 fully saturated rings. The standard InChI is InChI=1S/C19H21F3N2O2/c20-19(21,22)15-3-1-2-14(7-15)16(25)23-24-17(26)18-8-11-4-12(9-18)6-13(5-11)10-18/h1-3,7,11-13H,4-6,8-10H2,(H,23,25)(H,24,26).